The number of carbonyl (C=O) groups excluding carboxylic acids is 2. The van der Waals surface area contributed by atoms with Gasteiger partial charge in [-0.15, -0.1) is 0 Å². The monoisotopic (exact) mass is 579 g/mol. The summed E-state index contributed by atoms with van der Waals surface area (Å²) in [5.74, 6) is 1.79. The number of amides is 2. The predicted octanol–water partition coefficient (Wildman–Crippen LogP) is 4.25. The van der Waals surface area contributed by atoms with E-state index in [1.807, 2.05) is 20.8 Å². The van der Waals surface area contributed by atoms with Gasteiger partial charge in [0.25, 0.3) is 5.56 Å². The van der Waals surface area contributed by atoms with Gasteiger partial charge in [0.2, 0.25) is 5.91 Å². The highest BCUT2D eigenvalue weighted by Crippen LogP contribution is 2.61. The first-order valence-corrected chi connectivity index (χ1v) is 14.3. The number of carbonyl (C=O) groups is 2. The van der Waals surface area contributed by atoms with Crippen LogP contribution in [-0.2, 0) is 16.1 Å². The lowest BCUT2D eigenvalue weighted by molar-refractivity contribution is -0.122. The maximum absolute atomic E-state index is 12.9. The Balaban J connectivity index is 1.29. The number of rotatable bonds is 6. The lowest BCUT2D eigenvalue weighted by Gasteiger charge is -2.62. The molecule has 3 aliphatic carbocycles. The van der Waals surface area contributed by atoms with Crippen LogP contribution in [0.3, 0.4) is 0 Å². The maximum Gasteiger partial charge on any atom is 0.410 e. The van der Waals surface area contributed by atoms with Gasteiger partial charge in [-0.3, -0.25) is 9.59 Å². The minimum Gasteiger partial charge on any atom is -0.444 e. The second-order valence-corrected chi connectivity index (χ2v) is 13.6. The predicted molar refractivity (Wildman–Crippen MR) is 146 cm³/mol. The Morgan fingerprint density at radius 3 is 2.65 bits per heavy atom. The highest BCUT2D eigenvalue weighted by molar-refractivity contribution is 9.10. The van der Waals surface area contributed by atoms with E-state index in [9.17, 15) is 14.4 Å². The number of hydrogen-bond acceptors (Lipinski definition) is 6. The van der Waals surface area contributed by atoms with Crippen molar-refractivity contribution in [3.8, 4) is 0 Å². The normalized spacial score (nSPS) is 28.7. The van der Waals surface area contributed by atoms with Crippen LogP contribution in [-0.4, -0.2) is 58.0 Å². The van der Waals surface area contributed by atoms with E-state index in [1.54, 1.807) is 11.1 Å². The molecule has 2 heterocycles. The van der Waals surface area contributed by atoms with Crippen LogP contribution in [0.1, 0.15) is 67.2 Å². The number of likely N-dealkylation sites (tertiary alicyclic amines) is 1. The summed E-state index contributed by atoms with van der Waals surface area (Å²) in [5.41, 5.74) is 0.212. The maximum atomic E-state index is 12.9. The molecule has 5 atom stereocenters. The average Bonchev–Trinajstić information content (AvgIpc) is 2.82. The van der Waals surface area contributed by atoms with E-state index in [2.05, 4.69) is 52.4 Å². The molecule has 2 N–H and O–H groups in total. The smallest absolute Gasteiger partial charge is 0.410 e. The molecule has 3 saturated carbocycles. The lowest BCUT2D eigenvalue weighted by atomic mass is 9.45. The van der Waals surface area contributed by atoms with Crippen LogP contribution in [0.5, 0.6) is 0 Å². The number of ether oxygens (including phenoxy) is 1. The van der Waals surface area contributed by atoms with E-state index in [-0.39, 0.29) is 30.0 Å². The number of fused-ring (bicyclic) bond motifs is 2. The van der Waals surface area contributed by atoms with Crippen molar-refractivity contribution in [2.24, 2.45) is 29.1 Å². The summed E-state index contributed by atoms with van der Waals surface area (Å²) >= 11 is 3.44. The molecule has 37 heavy (non-hydrogen) atoms. The van der Waals surface area contributed by atoms with Gasteiger partial charge in [0.1, 0.15) is 16.6 Å². The van der Waals surface area contributed by atoms with E-state index in [1.165, 1.54) is 11.1 Å². The van der Waals surface area contributed by atoms with Crippen LogP contribution in [0.4, 0.5) is 10.5 Å². The van der Waals surface area contributed by atoms with Gasteiger partial charge in [-0.2, -0.15) is 5.10 Å². The van der Waals surface area contributed by atoms with Gasteiger partial charge in [0.05, 0.1) is 11.9 Å². The van der Waals surface area contributed by atoms with Gasteiger partial charge >= 0.3 is 6.09 Å². The number of anilines is 1. The molecule has 1 saturated heterocycles. The van der Waals surface area contributed by atoms with Crippen molar-refractivity contribution in [3.63, 3.8) is 0 Å². The number of nitrogens with zero attached hydrogens (tertiary/aromatic N) is 3. The number of aromatic nitrogens is 2. The zero-order valence-electron chi connectivity index (χ0n) is 23.0. The molecular formula is C27H42BrN5O4. The molecule has 1 aromatic rings. The van der Waals surface area contributed by atoms with Crippen molar-refractivity contribution in [1.82, 2.24) is 20.0 Å². The average molecular weight is 581 g/mol. The number of piperidine rings is 1. The molecule has 4 aliphatic rings. The summed E-state index contributed by atoms with van der Waals surface area (Å²) in [5, 5.41) is 10.7. The van der Waals surface area contributed by atoms with Crippen LogP contribution in [0.2, 0.25) is 0 Å². The Kier molecular flexibility index (Phi) is 7.98. The van der Waals surface area contributed by atoms with E-state index < -0.39 is 5.60 Å². The van der Waals surface area contributed by atoms with E-state index >= 15 is 0 Å². The Labute approximate surface area is 228 Å². The fourth-order valence-corrected chi connectivity index (χ4v) is 6.81. The summed E-state index contributed by atoms with van der Waals surface area (Å²) in [6.07, 6.45) is 5.48. The van der Waals surface area contributed by atoms with Crippen LogP contribution >= 0.6 is 15.9 Å². The highest BCUT2D eigenvalue weighted by Gasteiger charge is 2.56. The second-order valence-electron chi connectivity index (χ2n) is 12.8. The lowest BCUT2D eigenvalue weighted by Crippen LogP contribution is -2.58. The van der Waals surface area contributed by atoms with Gasteiger partial charge < -0.3 is 20.3 Å². The third kappa shape index (κ3) is 6.15. The SMILES string of the molecule is C[C@@H]1[C@H]2C[C@@H](C[C@H]1Nc1cnn(CC(=O)NCC3CCCN(C(=O)OC(C)(C)C)C3)c(=O)c1Br)C2(C)C. The first-order chi connectivity index (χ1) is 17.3. The zero-order chi connectivity index (χ0) is 27.1. The Morgan fingerprint density at radius 2 is 2.00 bits per heavy atom. The third-order valence-electron chi connectivity index (χ3n) is 8.73. The topological polar surface area (TPSA) is 106 Å². The minimum absolute atomic E-state index is 0.141. The van der Waals surface area contributed by atoms with Crippen LogP contribution in [0, 0.1) is 29.1 Å². The molecule has 1 aromatic heterocycles. The molecule has 0 radical (unpaired) electrons. The van der Waals surface area contributed by atoms with Crippen LogP contribution < -0.4 is 16.2 Å². The molecule has 4 fully saturated rings. The third-order valence-corrected chi connectivity index (χ3v) is 9.50. The number of hydrogen-bond donors (Lipinski definition) is 2. The van der Waals surface area contributed by atoms with E-state index in [4.69, 9.17) is 4.74 Å². The zero-order valence-corrected chi connectivity index (χ0v) is 24.6. The van der Waals surface area contributed by atoms with Crippen molar-refractivity contribution < 1.29 is 14.3 Å². The second kappa shape index (κ2) is 10.6. The Hall–Kier alpha value is -2.10. The largest absolute Gasteiger partial charge is 0.444 e. The van der Waals surface area contributed by atoms with Crippen molar-refractivity contribution >= 4 is 33.6 Å². The highest BCUT2D eigenvalue weighted by atomic mass is 79.9. The molecule has 1 unspecified atom stereocenters. The van der Waals surface area contributed by atoms with Crippen molar-refractivity contribution in [3.05, 3.63) is 21.0 Å². The van der Waals surface area contributed by atoms with Crippen molar-refractivity contribution in [2.45, 2.75) is 85.4 Å². The summed E-state index contributed by atoms with van der Waals surface area (Å²) in [6, 6.07) is 0.309. The van der Waals surface area contributed by atoms with E-state index in [0.717, 1.165) is 19.3 Å². The first kappa shape index (κ1) is 27.9. The molecule has 0 spiro atoms. The first-order valence-electron chi connectivity index (χ1n) is 13.5. The number of nitrogens with one attached hydrogen (secondary N) is 2. The Morgan fingerprint density at radius 1 is 1.27 bits per heavy atom. The summed E-state index contributed by atoms with van der Waals surface area (Å²) in [4.78, 5) is 39.7. The molecule has 2 bridgehead atoms. The Bertz CT molecular complexity index is 1080. The molecule has 9 nitrogen and oxygen atoms in total. The van der Waals surface area contributed by atoms with Gasteiger partial charge in [-0.05, 0) is 91.5 Å². The van der Waals surface area contributed by atoms with Gasteiger partial charge in [-0.1, -0.05) is 20.8 Å². The summed E-state index contributed by atoms with van der Waals surface area (Å²) < 4.78 is 7.07. The fourth-order valence-electron chi connectivity index (χ4n) is 6.39. The fraction of sp³-hybridized carbons (Fsp3) is 0.778. The molecule has 5 rings (SSSR count). The van der Waals surface area contributed by atoms with Crippen LogP contribution in [0.25, 0.3) is 0 Å². The standard InChI is InChI=1S/C27H42BrN5O4/c1-16-19-10-18(27(19,5)6)11-20(16)31-21-13-30-33(24(35)23(21)28)15-22(34)29-12-17-8-7-9-32(14-17)25(36)37-26(2,3)4/h13,16-20,31H,7-12,14-15H2,1-6H3,(H,29,34)/t16-,17?,18+,19-,20-/m1/s1. The van der Waals surface area contributed by atoms with Gasteiger partial charge in [-0.25, -0.2) is 9.48 Å². The quantitative estimate of drug-likeness (QED) is 0.522. The molecule has 10 heteroatoms. The van der Waals surface area contributed by atoms with E-state index in [0.29, 0.717) is 59.0 Å². The van der Waals surface area contributed by atoms with Crippen molar-refractivity contribution in [1.29, 1.82) is 0 Å². The van der Waals surface area contributed by atoms with Gasteiger partial charge in [0, 0.05) is 25.7 Å². The summed E-state index contributed by atoms with van der Waals surface area (Å²) in [6.45, 7) is 14.1. The summed E-state index contributed by atoms with van der Waals surface area (Å²) in [7, 11) is 0. The van der Waals surface area contributed by atoms with Gasteiger partial charge in [0.15, 0.2) is 0 Å². The molecule has 1 aliphatic heterocycles. The van der Waals surface area contributed by atoms with Crippen LogP contribution in [0.15, 0.2) is 15.5 Å². The molecule has 206 valence electrons. The van der Waals surface area contributed by atoms with Crippen molar-refractivity contribution in [2.75, 3.05) is 25.0 Å². The minimum atomic E-state index is -0.538. The molecular weight excluding hydrogens is 538 g/mol. The number of halogens is 1. The molecule has 0 aromatic carbocycles. The molecule has 2 amide bonds.